The van der Waals surface area contributed by atoms with Crippen LogP contribution in [-0.4, -0.2) is 30.1 Å². The van der Waals surface area contributed by atoms with Crippen LogP contribution in [0.1, 0.15) is 79.3 Å². The molecule has 31 heavy (non-hydrogen) atoms. The molecule has 1 amide bonds. The number of amides is 1. The van der Waals surface area contributed by atoms with Gasteiger partial charge in [-0.05, 0) is 0 Å². The molecule has 0 saturated heterocycles. The van der Waals surface area contributed by atoms with Crippen LogP contribution in [0.2, 0.25) is 13.3 Å². The average Bonchev–Trinajstić information content (AvgIpc) is 3.06. The number of anilines is 1. The summed E-state index contributed by atoms with van der Waals surface area (Å²) in [5.41, 5.74) is 2.64. The van der Waals surface area contributed by atoms with E-state index in [1.807, 2.05) is 35.2 Å². The third-order valence-electron chi connectivity index (χ3n) is 6.86. The molecule has 0 bridgehead atoms. The van der Waals surface area contributed by atoms with Crippen molar-refractivity contribution in [1.82, 2.24) is 0 Å². The molecule has 0 radical (unpaired) electrons. The Labute approximate surface area is 192 Å². The number of unbranched alkanes of at least 4 members (excludes halogenated alkanes) is 3. The Hall–Kier alpha value is -1.62. The van der Waals surface area contributed by atoms with Crippen molar-refractivity contribution in [2.24, 2.45) is 0 Å². The molecule has 2 aromatic rings. The summed E-state index contributed by atoms with van der Waals surface area (Å²) >= 11 is -2.97. The average molecular weight is 526 g/mol. The van der Waals surface area contributed by atoms with Crippen LogP contribution in [0.4, 0.5) is 5.69 Å². The fraction of sp³-hybridized carbons (Fsp3) is 0.481. The molecule has 0 fully saturated rings. The molecule has 0 aliphatic carbocycles. The number of hydrogen-bond acceptors (Lipinski definition) is 2. The molecule has 3 rings (SSSR count). The van der Waals surface area contributed by atoms with E-state index in [9.17, 15) is 9.59 Å². The van der Waals surface area contributed by atoms with E-state index in [2.05, 4.69) is 45.0 Å². The van der Waals surface area contributed by atoms with Crippen molar-refractivity contribution in [2.75, 3.05) is 4.90 Å². The van der Waals surface area contributed by atoms with Gasteiger partial charge < -0.3 is 0 Å². The van der Waals surface area contributed by atoms with E-state index < -0.39 is 18.4 Å². The number of Topliss-reactive ketones (excluding diaryl/α,β-unsaturated/α-hetero) is 1. The van der Waals surface area contributed by atoms with Gasteiger partial charge in [-0.2, -0.15) is 0 Å². The number of para-hydroxylation sites is 1. The Bertz CT molecular complexity index is 858. The second-order valence-corrected chi connectivity index (χ2v) is 22.6. The van der Waals surface area contributed by atoms with Crippen LogP contribution in [0.3, 0.4) is 0 Å². The summed E-state index contributed by atoms with van der Waals surface area (Å²) in [7, 11) is 0. The van der Waals surface area contributed by atoms with Crippen molar-refractivity contribution in [2.45, 2.75) is 76.7 Å². The number of ketones is 1. The molecule has 4 heteroatoms. The van der Waals surface area contributed by atoms with Crippen molar-refractivity contribution in [3.05, 3.63) is 65.7 Å². The molecule has 0 saturated carbocycles. The first-order valence-electron chi connectivity index (χ1n) is 12.1. The number of carbonyl (C=O) groups is 2. The number of benzene rings is 2. The van der Waals surface area contributed by atoms with E-state index in [4.69, 9.17) is 0 Å². The molecule has 1 aliphatic rings. The Morgan fingerprint density at radius 3 is 1.81 bits per heavy atom. The number of rotatable bonds is 12. The Kier molecular flexibility index (Phi) is 8.76. The third-order valence-corrected chi connectivity index (χ3v) is 23.4. The molecular formula is C27H37NO2Sn. The van der Waals surface area contributed by atoms with Crippen molar-refractivity contribution in [3.63, 3.8) is 0 Å². The fourth-order valence-electron chi connectivity index (χ4n) is 5.25. The molecule has 0 aromatic heterocycles. The molecule has 1 heterocycles. The van der Waals surface area contributed by atoms with Gasteiger partial charge >= 0.3 is 193 Å². The second kappa shape index (κ2) is 11.3. The van der Waals surface area contributed by atoms with Gasteiger partial charge in [-0.25, -0.2) is 0 Å². The van der Waals surface area contributed by atoms with Gasteiger partial charge in [0.1, 0.15) is 0 Å². The molecule has 2 aromatic carbocycles. The van der Waals surface area contributed by atoms with Crippen molar-refractivity contribution >= 4 is 35.8 Å². The van der Waals surface area contributed by atoms with Crippen LogP contribution < -0.4 is 4.90 Å². The number of carbonyl (C=O) groups excluding carboxylic acids is 2. The van der Waals surface area contributed by atoms with Gasteiger partial charge in [0.15, 0.2) is 0 Å². The van der Waals surface area contributed by atoms with Crippen LogP contribution >= 0.6 is 0 Å². The predicted octanol–water partition coefficient (Wildman–Crippen LogP) is 7.35. The molecule has 0 N–H and O–H groups in total. The monoisotopic (exact) mass is 527 g/mol. The second-order valence-electron chi connectivity index (χ2n) is 9.01. The Morgan fingerprint density at radius 1 is 0.742 bits per heavy atom. The first-order chi connectivity index (χ1) is 15.1. The Balaban J connectivity index is 2.20. The van der Waals surface area contributed by atoms with Crippen LogP contribution in [-0.2, 0) is 4.79 Å². The van der Waals surface area contributed by atoms with E-state index in [1.165, 1.54) is 57.4 Å². The van der Waals surface area contributed by atoms with Crippen molar-refractivity contribution in [1.29, 1.82) is 0 Å². The van der Waals surface area contributed by atoms with Gasteiger partial charge in [0.05, 0.1) is 0 Å². The van der Waals surface area contributed by atoms with Crippen molar-refractivity contribution in [3.8, 4) is 0 Å². The first-order valence-corrected chi connectivity index (χ1v) is 19.8. The molecule has 1 unspecified atom stereocenters. The van der Waals surface area contributed by atoms with Crippen LogP contribution in [0, 0.1) is 0 Å². The standard InChI is InChI=1S/C15H10NO2.3C4H9.Sn/c17-14-12-8-4-5-9-13(12)16(15(14)18)10-11-6-2-1-3-7-11;3*1-3-4-2;/h1-10H;3*1,3-4H2,2H3;. The zero-order valence-electron chi connectivity index (χ0n) is 19.4. The fourth-order valence-corrected chi connectivity index (χ4v) is 23.6. The zero-order chi connectivity index (χ0) is 22.3. The van der Waals surface area contributed by atoms with E-state index in [0.29, 0.717) is 5.56 Å². The van der Waals surface area contributed by atoms with Crippen molar-refractivity contribution < 1.29 is 9.59 Å². The minimum absolute atomic E-state index is 0.0836. The normalized spacial score (nSPS) is 14.7. The van der Waals surface area contributed by atoms with Gasteiger partial charge in [-0.15, -0.1) is 0 Å². The van der Waals surface area contributed by atoms with Crippen LogP contribution in [0.25, 0.3) is 0 Å². The molecule has 1 atom stereocenters. The summed E-state index contributed by atoms with van der Waals surface area (Å²) in [6.07, 6.45) is 7.23. The van der Waals surface area contributed by atoms with Gasteiger partial charge in [-0.1, -0.05) is 0 Å². The van der Waals surface area contributed by atoms with Crippen LogP contribution in [0.5, 0.6) is 0 Å². The minimum atomic E-state index is -2.97. The summed E-state index contributed by atoms with van der Waals surface area (Å²) in [5.74, 6) is -0.654. The molecule has 166 valence electrons. The maximum absolute atomic E-state index is 13.5. The number of nitrogens with zero attached hydrogens (tertiary/aromatic N) is 1. The van der Waals surface area contributed by atoms with Gasteiger partial charge in [0, 0.05) is 0 Å². The molecule has 3 nitrogen and oxygen atoms in total. The summed E-state index contributed by atoms with van der Waals surface area (Å²) < 4.78 is 3.93. The summed E-state index contributed by atoms with van der Waals surface area (Å²) in [5, 5.41) is 0. The van der Waals surface area contributed by atoms with E-state index in [1.54, 1.807) is 0 Å². The van der Waals surface area contributed by atoms with Gasteiger partial charge in [0.2, 0.25) is 0 Å². The summed E-state index contributed by atoms with van der Waals surface area (Å²) in [6.45, 7) is 6.81. The Morgan fingerprint density at radius 2 is 1.26 bits per heavy atom. The zero-order valence-corrected chi connectivity index (χ0v) is 22.3. The molecular weight excluding hydrogens is 489 g/mol. The van der Waals surface area contributed by atoms with E-state index in [0.717, 1.165) is 5.69 Å². The number of hydrogen-bond donors (Lipinski definition) is 0. The van der Waals surface area contributed by atoms with Crippen LogP contribution in [0.15, 0.2) is 54.6 Å². The molecule has 0 spiro atoms. The first kappa shape index (κ1) is 24.0. The quantitative estimate of drug-likeness (QED) is 0.214. The predicted molar refractivity (Wildman–Crippen MR) is 132 cm³/mol. The number of fused-ring (bicyclic) bond motifs is 1. The summed E-state index contributed by atoms with van der Waals surface area (Å²) in [4.78, 5) is 28.3. The van der Waals surface area contributed by atoms with Gasteiger partial charge in [0.25, 0.3) is 0 Å². The molecule has 1 aliphatic heterocycles. The SMILES string of the molecule is CCC[CH2][Sn]([CH2]CCC)([CH2]CCC)[CH](c1ccccc1)N1C(=O)C(=O)c2ccccc21. The third kappa shape index (κ3) is 5.07. The summed E-state index contributed by atoms with van der Waals surface area (Å²) in [6, 6.07) is 18.2. The van der Waals surface area contributed by atoms with E-state index >= 15 is 0 Å². The van der Waals surface area contributed by atoms with E-state index in [-0.39, 0.29) is 15.7 Å². The maximum atomic E-state index is 13.5. The van der Waals surface area contributed by atoms with Gasteiger partial charge in [-0.3, -0.25) is 0 Å². The topological polar surface area (TPSA) is 37.4 Å².